The van der Waals surface area contributed by atoms with Crippen LogP contribution in [-0.4, -0.2) is 68.9 Å². The highest BCUT2D eigenvalue weighted by Gasteiger charge is 2.34. The van der Waals surface area contributed by atoms with Crippen LogP contribution in [0.25, 0.3) is 0 Å². The van der Waals surface area contributed by atoms with Gasteiger partial charge in [0.1, 0.15) is 0 Å². The van der Waals surface area contributed by atoms with Crippen molar-refractivity contribution < 1.29 is 23.1 Å². The Morgan fingerprint density at radius 2 is 2.17 bits per heavy atom. The predicted molar refractivity (Wildman–Crippen MR) is 65.5 cm³/mol. The number of nitrogens with zero attached hydrogens (tertiary/aromatic N) is 1. The van der Waals surface area contributed by atoms with Crippen LogP contribution in [0.15, 0.2) is 0 Å². The Kier molecular flexibility index (Phi) is 5.51. The van der Waals surface area contributed by atoms with Gasteiger partial charge in [-0.3, -0.25) is 4.79 Å². The molecule has 0 aliphatic carbocycles. The molecule has 8 heteroatoms. The SMILES string of the molecule is COC(=O)CCCS(=O)(=O)N(C)[C@H]1CNC[C@@H]1O. The second-order valence-electron chi connectivity index (χ2n) is 4.30. The molecule has 7 nitrogen and oxygen atoms in total. The standard InChI is InChI=1S/C10H20N2O5S/c1-12(8-6-11-7-9(8)13)18(15,16)5-3-4-10(14)17-2/h8-9,11,13H,3-7H2,1-2H3/t8-,9-/m0/s1. The van der Waals surface area contributed by atoms with Crippen molar-refractivity contribution in [3.05, 3.63) is 0 Å². The van der Waals surface area contributed by atoms with E-state index in [-0.39, 0.29) is 18.6 Å². The van der Waals surface area contributed by atoms with E-state index in [1.807, 2.05) is 0 Å². The quantitative estimate of drug-likeness (QED) is 0.577. The molecule has 1 aliphatic rings. The van der Waals surface area contributed by atoms with E-state index in [1.165, 1.54) is 18.5 Å². The van der Waals surface area contributed by atoms with Gasteiger partial charge in [0.2, 0.25) is 10.0 Å². The highest BCUT2D eigenvalue weighted by Crippen LogP contribution is 2.13. The number of carbonyl (C=O) groups excluding carboxylic acids is 1. The number of hydrogen-bond donors (Lipinski definition) is 2. The van der Waals surface area contributed by atoms with Gasteiger partial charge in [-0.2, -0.15) is 4.31 Å². The number of aliphatic hydroxyl groups excluding tert-OH is 1. The fourth-order valence-electron chi connectivity index (χ4n) is 1.87. The minimum Gasteiger partial charge on any atom is -0.469 e. The number of hydrogen-bond acceptors (Lipinski definition) is 6. The molecule has 0 spiro atoms. The van der Waals surface area contributed by atoms with Gasteiger partial charge < -0.3 is 15.2 Å². The molecule has 0 saturated carbocycles. The van der Waals surface area contributed by atoms with E-state index in [0.717, 1.165) is 0 Å². The van der Waals surface area contributed by atoms with Crippen LogP contribution in [0.5, 0.6) is 0 Å². The number of ether oxygens (including phenoxy) is 1. The molecule has 1 aliphatic heterocycles. The van der Waals surface area contributed by atoms with Crippen LogP contribution in [0.3, 0.4) is 0 Å². The first kappa shape index (κ1) is 15.4. The Balaban J connectivity index is 2.49. The molecule has 18 heavy (non-hydrogen) atoms. The van der Waals surface area contributed by atoms with Crippen LogP contribution < -0.4 is 5.32 Å². The molecule has 1 saturated heterocycles. The van der Waals surface area contributed by atoms with Gasteiger partial charge in [0.25, 0.3) is 0 Å². The Bertz CT molecular complexity index is 384. The largest absolute Gasteiger partial charge is 0.469 e. The van der Waals surface area contributed by atoms with Gasteiger partial charge in [0.15, 0.2) is 0 Å². The number of carbonyl (C=O) groups is 1. The minimum absolute atomic E-state index is 0.0784. The van der Waals surface area contributed by atoms with Crippen molar-refractivity contribution >= 4 is 16.0 Å². The van der Waals surface area contributed by atoms with Crippen molar-refractivity contribution in [1.82, 2.24) is 9.62 Å². The lowest BCUT2D eigenvalue weighted by atomic mass is 10.2. The third kappa shape index (κ3) is 3.91. The maximum atomic E-state index is 12.0. The molecule has 0 bridgehead atoms. The second kappa shape index (κ2) is 6.46. The highest BCUT2D eigenvalue weighted by molar-refractivity contribution is 7.89. The average Bonchev–Trinajstić information content (AvgIpc) is 2.73. The van der Waals surface area contributed by atoms with E-state index in [0.29, 0.717) is 13.1 Å². The van der Waals surface area contributed by atoms with Gasteiger partial charge in [-0.15, -0.1) is 0 Å². The van der Waals surface area contributed by atoms with E-state index in [4.69, 9.17) is 0 Å². The van der Waals surface area contributed by atoms with Crippen molar-refractivity contribution in [3.8, 4) is 0 Å². The molecule has 0 aromatic heterocycles. The zero-order valence-electron chi connectivity index (χ0n) is 10.6. The lowest BCUT2D eigenvalue weighted by molar-refractivity contribution is -0.140. The predicted octanol–water partition coefficient (Wildman–Crippen LogP) is -1.47. The summed E-state index contributed by atoms with van der Waals surface area (Å²) in [5, 5.41) is 12.6. The number of methoxy groups -OCH3 is 1. The van der Waals surface area contributed by atoms with Crippen LogP contribution in [0.2, 0.25) is 0 Å². The number of likely N-dealkylation sites (N-methyl/N-ethyl adjacent to an activating group) is 1. The average molecular weight is 280 g/mol. The molecule has 2 N–H and O–H groups in total. The van der Waals surface area contributed by atoms with Gasteiger partial charge in [-0.1, -0.05) is 0 Å². The molecule has 0 radical (unpaired) electrons. The van der Waals surface area contributed by atoms with E-state index in [9.17, 15) is 18.3 Å². The summed E-state index contributed by atoms with van der Waals surface area (Å²) in [6.45, 7) is 0.834. The first-order chi connectivity index (χ1) is 8.38. The smallest absolute Gasteiger partial charge is 0.305 e. The minimum atomic E-state index is -3.45. The van der Waals surface area contributed by atoms with Crippen LogP contribution in [0, 0.1) is 0 Å². The molecule has 1 fully saturated rings. The van der Waals surface area contributed by atoms with E-state index in [2.05, 4.69) is 10.1 Å². The summed E-state index contributed by atoms with van der Waals surface area (Å²) < 4.78 is 29.6. The monoisotopic (exact) mass is 280 g/mol. The second-order valence-corrected chi connectivity index (χ2v) is 6.45. The molecule has 0 aromatic rings. The Morgan fingerprint density at radius 1 is 1.50 bits per heavy atom. The molecule has 0 unspecified atom stereocenters. The summed E-state index contributed by atoms with van der Waals surface area (Å²) in [5.41, 5.74) is 0. The van der Waals surface area contributed by atoms with Crippen LogP contribution in [-0.2, 0) is 19.6 Å². The van der Waals surface area contributed by atoms with E-state index < -0.39 is 28.1 Å². The van der Waals surface area contributed by atoms with Crippen molar-refractivity contribution in [2.45, 2.75) is 25.0 Å². The maximum Gasteiger partial charge on any atom is 0.305 e. The fraction of sp³-hybridized carbons (Fsp3) is 0.900. The van der Waals surface area contributed by atoms with Crippen molar-refractivity contribution in [1.29, 1.82) is 0 Å². The van der Waals surface area contributed by atoms with Crippen LogP contribution in [0.1, 0.15) is 12.8 Å². The third-order valence-corrected chi connectivity index (χ3v) is 5.02. The number of rotatable bonds is 6. The summed E-state index contributed by atoms with van der Waals surface area (Å²) in [4.78, 5) is 10.9. The first-order valence-electron chi connectivity index (χ1n) is 5.80. The third-order valence-electron chi connectivity index (χ3n) is 3.07. The topological polar surface area (TPSA) is 95.9 Å². The van der Waals surface area contributed by atoms with Crippen molar-refractivity contribution in [2.75, 3.05) is 33.0 Å². The molecule has 106 valence electrons. The lowest BCUT2D eigenvalue weighted by Gasteiger charge is -2.25. The summed E-state index contributed by atoms with van der Waals surface area (Å²) in [6, 6.07) is -0.437. The Labute approximate surface area is 107 Å². The highest BCUT2D eigenvalue weighted by atomic mass is 32.2. The summed E-state index contributed by atoms with van der Waals surface area (Å²) in [6.07, 6.45) is -0.393. The molecule has 2 atom stereocenters. The van der Waals surface area contributed by atoms with Gasteiger partial charge in [0.05, 0.1) is 25.0 Å². The van der Waals surface area contributed by atoms with Gasteiger partial charge in [0, 0.05) is 26.6 Å². The summed E-state index contributed by atoms with van der Waals surface area (Å²) >= 11 is 0. The Morgan fingerprint density at radius 3 is 2.67 bits per heavy atom. The molecular weight excluding hydrogens is 260 g/mol. The number of β-amino-alcohol motifs (C(OH)–C–C–N with tert-alkyl or cyclic N) is 1. The zero-order valence-corrected chi connectivity index (χ0v) is 11.4. The molecule has 1 rings (SSSR count). The first-order valence-corrected chi connectivity index (χ1v) is 7.40. The normalized spacial score (nSPS) is 24.4. The summed E-state index contributed by atoms with van der Waals surface area (Å²) in [7, 11) is -0.735. The van der Waals surface area contributed by atoms with Crippen LogP contribution >= 0.6 is 0 Å². The number of sulfonamides is 1. The van der Waals surface area contributed by atoms with E-state index in [1.54, 1.807) is 0 Å². The van der Waals surface area contributed by atoms with Gasteiger partial charge in [-0.05, 0) is 6.42 Å². The number of nitrogens with one attached hydrogen (secondary N) is 1. The maximum absolute atomic E-state index is 12.0. The number of esters is 1. The Hall–Kier alpha value is -0.700. The van der Waals surface area contributed by atoms with Gasteiger partial charge in [-0.25, -0.2) is 8.42 Å². The van der Waals surface area contributed by atoms with Crippen LogP contribution in [0.4, 0.5) is 0 Å². The fourth-order valence-corrected chi connectivity index (χ4v) is 3.30. The molecule has 0 amide bonds. The molecule has 0 aromatic carbocycles. The van der Waals surface area contributed by atoms with Crippen molar-refractivity contribution in [2.24, 2.45) is 0 Å². The van der Waals surface area contributed by atoms with Gasteiger partial charge >= 0.3 is 5.97 Å². The molecular formula is C10H20N2O5S. The zero-order chi connectivity index (χ0) is 13.8. The summed E-state index contributed by atoms with van der Waals surface area (Å²) in [5.74, 6) is -0.544. The number of aliphatic hydroxyl groups is 1. The van der Waals surface area contributed by atoms with E-state index >= 15 is 0 Å². The molecule has 1 heterocycles. The lowest BCUT2D eigenvalue weighted by Crippen LogP contribution is -2.45. The van der Waals surface area contributed by atoms with Crippen molar-refractivity contribution in [3.63, 3.8) is 0 Å².